The van der Waals surface area contributed by atoms with Crippen LogP contribution in [0.3, 0.4) is 0 Å². The Hall–Kier alpha value is -2.33. The monoisotopic (exact) mass is 242 g/mol. The quantitative estimate of drug-likeness (QED) is 0.488. The van der Waals surface area contributed by atoms with E-state index in [1.807, 2.05) is 30.3 Å². The summed E-state index contributed by atoms with van der Waals surface area (Å²) < 4.78 is 5.60. The number of hydrogen-bond donors (Lipinski definition) is 2. The van der Waals surface area contributed by atoms with E-state index in [0.717, 1.165) is 5.56 Å². The number of amides is 1. The van der Waals surface area contributed by atoms with Crippen LogP contribution in [0.15, 0.2) is 54.6 Å². The van der Waals surface area contributed by atoms with Crippen molar-refractivity contribution in [3.63, 3.8) is 0 Å². The molecular weight excluding hydrogens is 228 g/mol. The highest BCUT2D eigenvalue weighted by Crippen LogP contribution is 2.14. The standard InChI is InChI=1S/C14H14N2O2/c15-16-14(17)12-6-8-13(9-7-12)18-10-11-4-2-1-3-5-11/h1-9H,10,15H2,(H,16,17). The number of carbonyl (C=O) groups is 1. The van der Waals surface area contributed by atoms with Crippen LogP contribution in [0.1, 0.15) is 15.9 Å². The van der Waals surface area contributed by atoms with Crippen LogP contribution >= 0.6 is 0 Å². The summed E-state index contributed by atoms with van der Waals surface area (Å²) in [5, 5.41) is 0. The molecule has 18 heavy (non-hydrogen) atoms. The maximum absolute atomic E-state index is 11.2. The fourth-order valence-electron chi connectivity index (χ4n) is 1.53. The van der Waals surface area contributed by atoms with Crippen molar-refractivity contribution in [3.8, 4) is 5.75 Å². The van der Waals surface area contributed by atoms with Crippen molar-refractivity contribution < 1.29 is 9.53 Å². The molecule has 4 nitrogen and oxygen atoms in total. The van der Waals surface area contributed by atoms with E-state index in [0.29, 0.717) is 17.9 Å². The van der Waals surface area contributed by atoms with Gasteiger partial charge in [0.2, 0.25) is 0 Å². The second-order valence-corrected chi connectivity index (χ2v) is 3.77. The Balaban J connectivity index is 1.97. The Kier molecular flexibility index (Phi) is 3.94. The van der Waals surface area contributed by atoms with Crippen molar-refractivity contribution in [1.82, 2.24) is 5.43 Å². The average Bonchev–Trinajstić information content (AvgIpc) is 2.46. The first-order valence-electron chi connectivity index (χ1n) is 5.57. The number of nitrogens with one attached hydrogen (secondary N) is 1. The molecule has 0 aliphatic heterocycles. The van der Waals surface area contributed by atoms with Gasteiger partial charge in [-0.3, -0.25) is 10.2 Å². The lowest BCUT2D eigenvalue weighted by Gasteiger charge is -2.06. The fraction of sp³-hybridized carbons (Fsp3) is 0.0714. The lowest BCUT2D eigenvalue weighted by molar-refractivity contribution is 0.0953. The first-order chi connectivity index (χ1) is 8.79. The highest BCUT2D eigenvalue weighted by molar-refractivity contribution is 5.93. The van der Waals surface area contributed by atoms with Crippen molar-refractivity contribution >= 4 is 5.91 Å². The zero-order valence-electron chi connectivity index (χ0n) is 9.80. The molecule has 0 saturated heterocycles. The average molecular weight is 242 g/mol. The molecule has 92 valence electrons. The molecule has 0 aliphatic carbocycles. The summed E-state index contributed by atoms with van der Waals surface area (Å²) in [4.78, 5) is 11.2. The molecule has 0 fully saturated rings. The molecule has 2 aromatic carbocycles. The van der Waals surface area contributed by atoms with Crippen molar-refractivity contribution in [2.24, 2.45) is 5.84 Å². The van der Waals surface area contributed by atoms with E-state index in [4.69, 9.17) is 10.6 Å². The molecule has 0 saturated carbocycles. The van der Waals surface area contributed by atoms with Gasteiger partial charge in [0.05, 0.1) is 0 Å². The summed E-state index contributed by atoms with van der Waals surface area (Å²) in [5.74, 6) is 5.45. The van der Waals surface area contributed by atoms with Crippen LogP contribution < -0.4 is 16.0 Å². The Morgan fingerprint density at radius 3 is 2.33 bits per heavy atom. The van der Waals surface area contributed by atoms with E-state index in [9.17, 15) is 4.79 Å². The van der Waals surface area contributed by atoms with Crippen molar-refractivity contribution in [2.75, 3.05) is 0 Å². The summed E-state index contributed by atoms with van der Waals surface area (Å²) in [7, 11) is 0. The van der Waals surface area contributed by atoms with Gasteiger partial charge in [0, 0.05) is 5.56 Å². The van der Waals surface area contributed by atoms with Crippen LogP contribution in [0.5, 0.6) is 5.75 Å². The van der Waals surface area contributed by atoms with Gasteiger partial charge in [-0.1, -0.05) is 30.3 Å². The van der Waals surface area contributed by atoms with Crippen LogP contribution in [-0.2, 0) is 6.61 Å². The van der Waals surface area contributed by atoms with E-state index in [1.54, 1.807) is 24.3 Å². The highest BCUT2D eigenvalue weighted by atomic mass is 16.5. The number of nitrogen functional groups attached to an aromatic ring is 1. The predicted octanol–water partition coefficient (Wildman–Crippen LogP) is 1.87. The molecule has 0 aromatic heterocycles. The third kappa shape index (κ3) is 3.09. The SMILES string of the molecule is NNC(=O)c1ccc(OCc2ccccc2)cc1. The van der Waals surface area contributed by atoms with Crippen LogP contribution in [0, 0.1) is 0 Å². The van der Waals surface area contributed by atoms with Crippen LogP contribution in [0.4, 0.5) is 0 Å². The molecule has 3 N–H and O–H groups in total. The van der Waals surface area contributed by atoms with Gasteiger partial charge in [0.15, 0.2) is 0 Å². The summed E-state index contributed by atoms with van der Waals surface area (Å²) in [5.41, 5.74) is 3.68. The molecule has 2 rings (SSSR count). The van der Waals surface area contributed by atoms with Gasteiger partial charge in [-0.25, -0.2) is 5.84 Å². The van der Waals surface area contributed by atoms with E-state index in [2.05, 4.69) is 5.43 Å². The molecule has 0 bridgehead atoms. The first kappa shape index (κ1) is 12.1. The largest absolute Gasteiger partial charge is 0.489 e. The second-order valence-electron chi connectivity index (χ2n) is 3.77. The number of hydrogen-bond acceptors (Lipinski definition) is 3. The van der Waals surface area contributed by atoms with Gasteiger partial charge in [-0.05, 0) is 29.8 Å². The zero-order chi connectivity index (χ0) is 12.8. The Labute approximate surface area is 105 Å². The van der Waals surface area contributed by atoms with Gasteiger partial charge in [-0.15, -0.1) is 0 Å². The van der Waals surface area contributed by atoms with Gasteiger partial charge in [0.25, 0.3) is 5.91 Å². The number of carbonyl (C=O) groups excluding carboxylic acids is 1. The predicted molar refractivity (Wildman–Crippen MR) is 68.9 cm³/mol. The highest BCUT2D eigenvalue weighted by Gasteiger charge is 2.02. The minimum absolute atomic E-state index is 0.315. The van der Waals surface area contributed by atoms with Gasteiger partial charge in [-0.2, -0.15) is 0 Å². The summed E-state index contributed by atoms with van der Waals surface area (Å²) in [6.45, 7) is 0.503. The number of hydrazine groups is 1. The Morgan fingerprint density at radius 2 is 1.72 bits per heavy atom. The van der Waals surface area contributed by atoms with Crippen molar-refractivity contribution in [3.05, 3.63) is 65.7 Å². The Bertz CT molecular complexity index is 509. The number of rotatable bonds is 4. The molecular formula is C14H14N2O2. The maximum Gasteiger partial charge on any atom is 0.265 e. The maximum atomic E-state index is 11.2. The second kappa shape index (κ2) is 5.84. The van der Waals surface area contributed by atoms with E-state index < -0.39 is 0 Å². The molecule has 0 atom stereocenters. The Morgan fingerprint density at radius 1 is 1.06 bits per heavy atom. The van der Waals surface area contributed by atoms with Crippen LogP contribution in [0.25, 0.3) is 0 Å². The third-order valence-electron chi connectivity index (χ3n) is 2.50. The number of ether oxygens (including phenoxy) is 1. The smallest absolute Gasteiger partial charge is 0.265 e. The van der Waals surface area contributed by atoms with Crippen molar-refractivity contribution in [1.29, 1.82) is 0 Å². The minimum atomic E-state index is -0.315. The molecule has 0 unspecified atom stereocenters. The summed E-state index contributed by atoms with van der Waals surface area (Å²) >= 11 is 0. The van der Waals surface area contributed by atoms with Gasteiger partial charge >= 0.3 is 0 Å². The zero-order valence-corrected chi connectivity index (χ0v) is 9.80. The van der Waals surface area contributed by atoms with Crippen LogP contribution in [-0.4, -0.2) is 5.91 Å². The van der Waals surface area contributed by atoms with Gasteiger partial charge in [0.1, 0.15) is 12.4 Å². The normalized spacial score (nSPS) is 9.83. The molecule has 0 radical (unpaired) electrons. The molecule has 4 heteroatoms. The minimum Gasteiger partial charge on any atom is -0.489 e. The van der Waals surface area contributed by atoms with E-state index in [-0.39, 0.29) is 5.91 Å². The van der Waals surface area contributed by atoms with E-state index >= 15 is 0 Å². The van der Waals surface area contributed by atoms with Crippen molar-refractivity contribution in [2.45, 2.75) is 6.61 Å². The first-order valence-corrected chi connectivity index (χ1v) is 5.57. The molecule has 0 spiro atoms. The fourth-order valence-corrected chi connectivity index (χ4v) is 1.53. The number of nitrogens with two attached hydrogens (primary N) is 1. The third-order valence-corrected chi connectivity index (χ3v) is 2.50. The van der Waals surface area contributed by atoms with Crippen LogP contribution in [0.2, 0.25) is 0 Å². The summed E-state index contributed by atoms with van der Waals surface area (Å²) in [6.07, 6.45) is 0. The molecule has 2 aromatic rings. The topological polar surface area (TPSA) is 64.3 Å². The molecule has 0 heterocycles. The number of benzene rings is 2. The lowest BCUT2D eigenvalue weighted by Crippen LogP contribution is -2.29. The van der Waals surface area contributed by atoms with E-state index in [1.165, 1.54) is 0 Å². The molecule has 1 amide bonds. The van der Waals surface area contributed by atoms with Gasteiger partial charge < -0.3 is 4.74 Å². The molecule has 0 aliphatic rings. The lowest BCUT2D eigenvalue weighted by atomic mass is 10.2. The summed E-state index contributed by atoms with van der Waals surface area (Å²) in [6, 6.07) is 16.7.